The third kappa shape index (κ3) is 3.22. The smallest absolute Gasteiger partial charge is 0.0553 e. The van der Waals surface area contributed by atoms with Crippen molar-refractivity contribution in [2.24, 2.45) is 0 Å². The number of aliphatic hydroxyl groups excluding tert-OH is 2. The Morgan fingerprint density at radius 3 is 2.19 bits per heavy atom. The Bertz CT molecular complexity index is 359. The Labute approximate surface area is 96.9 Å². The largest absolute Gasteiger partial charge is 0.398 e. The van der Waals surface area contributed by atoms with Crippen LogP contribution >= 0.6 is 0 Å². The van der Waals surface area contributed by atoms with Gasteiger partial charge in [0, 0.05) is 18.5 Å². The zero-order valence-electron chi connectivity index (χ0n) is 10.2. The predicted octanol–water partition coefficient (Wildman–Crippen LogP) is 1.42. The molecule has 2 atom stereocenters. The van der Waals surface area contributed by atoms with E-state index >= 15 is 0 Å². The summed E-state index contributed by atoms with van der Waals surface area (Å²) in [5.74, 6) is 0. The van der Waals surface area contributed by atoms with Gasteiger partial charge in [0.05, 0.1) is 12.2 Å². The number of benzene rings is 1. The van der Waals surface area contributed by atoms with Gasteiger partial charge in [0.25, 0.3) is 0 Å². The van der Waals surface area contributed by atoms with E-state index in [1.54, 1.807) is 13.8 Å². The molecule has 4 N–H and O–H groups in total. The highest BCUT2D eigenvalue weighted by molar-refractivity contribution is 5.57. The molecule has 90 valence electrons. The Morgan fingerprint density at radius 2 is 1.69 bits per heavy atom. The van der Waals surface area contributed by atoms with Gasteiger partial charge in [0.1, 0.15) is 0 Å². The quantitative estimate of drug-likeness (QED) is 0.676. The molecule has 3 heteroatoms. The van der Waals surface area contributed by atoms with Crippen LogP contribution in [0.3, 0.4) is 0 Å². The van der Waals surface area contributed by atoms with Gasteiger partial charge in [-0.2, -0.15) is 0 Å². The standard InChI is InChI=1S/C13H21NO2/c1-8-4-5-11(6-9(2)15)13(14)12(8)7-10(3)16/h4-5,9-10,15-16H,6-7,14H2,1-3H3. The first-order chi connectivity index (χ1) is 7.41. The molecule has 0 aromatic heterocycles. The van der Waals surface area contributed by atoms with Crippen LogP contribution in [-0.2, 0) is 12.8 Å². The van der Waals surface area contributed by atoms with Crippen molar-refractivity contribution < 1.29 is 10.2 Å². The lowest BCUT2D eigenvalue weighted by Gasteiger charge is -2.16. The van der Waals surface area contributed by atoms with Crippen LogP contribution in [0.5, 0.6) is 0 Å². The molecule has 0 aliphatic rings. The summed E-state index contributed by atoms with van der Waals surface area (Å²) in [6.45, 7) is 5.48. The minimum absolute atomic E-state index is 0.399. The second kappa shape index (κ2) is 5.32. The van der Waals surface area contributed by atoms with E-state index in [4.69, 9.17) is 5.73 Å². The Hall–Kier alpha value is -1.06. The average molecular weight is 223 g/mol. The lowest BCUT2D eigenvalue weighted by molar-refractivity contribution is 0.194. The maximum atomic E-state index is 9.42. The van der Waals surface area contributed by atoms with E-state index < -0.39 is 12.2 Å². The summed E-state index contributed by atoms with van der Waals surface area (Å²) in [5.41, 5.74) is 9.81. The number of nitrogen functional groups attached to an aromatic ring is 1. The van der Waals surface area contributed by atoms with Gasteiger partial charge in [0.2, 0.25) is 0 Å². The van der Waals surface area contributed by atoms with Crippen molar-refractivity contribution in [3.63, 3.8) is 0 Å². The number of aliphatic hydroxyl groups is 2. The molecule has 0 heterocycles. The first-order valence-corrected chi connectivity index (χ1v) is 5.64. The molecule has 0 saturated carbocycles. The van der Waals surface area contributed by atoms with Gasteiger partial charge in [-0.15, -0.1) is 0 Å². The van der Waals surface area contributed by atoms with Gasteiger partial charge in [0.15, 0.2) is 0 Å². The Balaban J connectivity index is 3.06. The fourth-order valence-electron chi connectivity index (χ4n) is 1.88. The summed E-state index contributed by atoms with van der Waals surface area (Å²) in [6, 6.07) is 3.94. The summed E-state index contributed by atoms with van der Waals surface area (Å²) >= 11 is 0. The van der Waals surface area contributed by atoms with E-state index in [1.807, 2.05) is 19.1 Å². The Kier molecular flexibility index (Phi) is 4.33. The minimum Gasteiger partial charge on any atom is -0.398 e. The van der Waals surface area contributed by atoms with Crippen molar-refractivity contribution in [2.45, 2.75) is 45.8 Å². The van der Waals surface area contributed by atoms with E-state index in [0.29, 0.717) is 18.5 Å². The van der Waals surface area contributed by atoms with Crippen LogP contribution in [0.4, 0.5) is 5.69 Å². The van der Waals surface area contributed by atoms with E-state index in [1.165, 1.54) is 0 Å². The van der Waals surface area contributed by atoms with Crippen molar-refractivity contribution in [3.05, 3.63) is 28.8 Å². The van der Waals surface area contributed by atoms with E-state index in [-0.39, 0.29) is 0 Å². The van der Waals surface area contributed by atoms with Crippen LogP contribution in [0.25, 0.3) is 0 Å². The predicted molar refractivity (Wildman–Crippen MR) is 66.4 cm³/mol. The zero-order chi connectivity index (χ0) is 12.3. The number of hydrogen-bond donors (Lipinski definition) is 3. The fraction of sp³-hybridized carbons (Fsp3) is 0.538. The molecule has 1 rings (SSSR count). The molecular formula is C13H21NO2. The number of rotatable bonds is 4. The van der Waals surface area contributed by atoms with Gasteiger partial charge in [-0.05, 0) is 37.5 Å². The maximum absolute atomic E-state index is 9.42. The highest BCUT2D eigenvalue weighted by Crippen LogP contribution is 2.24. The molecule has 0 bridgehead atoms. The van der Waals surface area contributed by atoms with Crippen LogP contribution in [0, 0.1) is 6.92 Å². The number of nitrogens with two attached hydrogens (primary N) is 1. The summed E-state index contributed by atoms with van der Waals surface area (Å²) in [7, 11) is 0. The van der Waals surface area contributed by atoms with Crippen molar-refractivity contribution in [1.82, 2.24) is 0 Å². The second-order valence-electron chi connectivity index (χ2n) is 4.54. The third-order valence-corrected chi connectivity index (χ3v) is 2.70. The molecule has 1 aromatic rings. The molecule has 2 unspecified atom stereocenters. The molecule has 0 saturated heterocycles. The number of hydrogen-bond acceptors (Lipinski definition) is 3. The van der Waals surface area contributed by atoms with Gasteiger partial charge in [-0.3, -0.25) is 0 Å². The Morgan fingerprint density at radius 1 is 1.12 bits per heavy atom. The van der Waals surface area contributed by atoms with Crippen molar-refractivity contribution in [3.8, 4) is 0 Å². The molecule has 0 amide bonds. The van der Waals surface area contributed by atoms with Crippen LogP contribution in [0.2, 0.25) is 0 Å². The first kappa shape index (κ1) is 13.0. The van der Waals surface area contributed by atoms with Crippen LogP contribution in [0.15, 0.2) is 12.1 Å². The summed E-state index contributed by atoms with van der Waals surface area (Å²) in [5, 5.41) is 18.8. The fourth-order valence-corrected chi connectivity index (χ4v) is 1.88. The first-order valence-electron chi connectivity index (χ1n) is 5.64. The monoisotopic (exact) mass is 223 g/mol. The summed E-state index contributed by atoms with van der Waals surface area (Å²) < 4.78 is 0. The molecule has 0 spiro atoms. The molecule has 1 aromatic carbocycles. The zero-order valence-corrected chi connectivity index (χ0v) is 10.2. The molecular weight excluding hydrogens is 202 g/mol. The number of anilines is 1. The van der Waals surface area contributed by atoms with Crippen molar-refractivity contribution in [2.75, 3.05) is 5.73 Å². The van der Waals surface area contributed by atoms with E-state index in [0.717, 1.165) is 16.7 Å². The van der Waals surface area contributed by atoms with Gasteiger partial charge >= 0.3 is 0 Å². The lowest BCUT2D eigenvalue weighted by Crippen LogP contribution is -2.12. The molecule has 0 aliphatic carbocycles. The van der Waals surface area contributed by atoms with Crippen LogP contribution < -0.4 is 5.73 Å². The van der Waals surface area contributed by atoms with Crippen LogP contribution in [-0.4, -0.2) is 22.4 Å². The third-order valence-electron chi connectivity index (χ3n) is 2.70. The topological polar surface area (TPSA) is 66.5 Å². The van der Waals surface area contributed by atoms with Crippen LogP contribution in [0.1, 0.15) is 30.5 Å². The average Bonchev–Trinajstić information content (AvgIpc) is 2.16. The highest BCUT2D eigenvalue weighted by atomic mass is 16.3. The van der Waals surface area contributed by atoms with E-state index in [9.17, 15) is 10.2 Å². The van der Waals surface area contributed by atoms with E-state index in [2.05, 4.69) is 0 Å². The minimum atomic E-state index is -0.400. The SMILES string of the molecule is Cc1ccc(CC(C)O)c(N)c1CC(C)O. The highest BCUT2D eigenvalue weighted by Gasteiger charge is 2.11. The van der Waals surface area contributed by atoms with Crippen molar-refractivity contribution in [1.29, 1.82) is 0 Å². The van der Waals surface area contributed by atoms with Gasteiger partial charge < -0.3 is 15.9 Å². The second-order valence-corrected chi connectivity index (χ2v) is 4.54. The molecule has 3 nitrogen and oxygen atoms in total. The maximum Gasteiger partial charge on any atom is 0.0553 e. The molecule has 0 radical (unpaired) electrons. The van der Waals surface area contributed by atoms with Crippen molar-refractivity contribution >= 4 is 5.69 Å². The molecule has 16 heavy (non-hydrogen) atoms. The molecule has 0 aliphatic heterocycles. The normalized spacial score (nSPS) is 14.8. The summed E-state index contributed by atoms with van der Waals surface area (Å²) in [4.78, 5) is 0. The van der Waals surface area contributed by atoms with Gasteiger partial charge in [-0.1, -0.05) is 12.1 Å². The lowest BCUT2D eigenvalue weighted by atomic mass is 9.95. The van der Waals surface area contributed by atoms with Gasteiger partial charge in [-0.25, -0.2) is 0 Å². The number of aryl methyl sites for hydroxylation is 1. The molecule has 0 fully saturated rings. The summed E-state index contributed by atoms with van der Waals surface area (Å²) in [6.07, 6.45) is 0.316.